The van der Waals surface area contributed by atoms with Gasteiger partial charge in [0.25, 0.3) is 11.8 Å². The third kappa shape index (κ3) is 4.79. The van der Waals surface area contributed by atoms with Crippen LogP contribution in [0.3, 0.4) is 0 Å². The van der Waals surface area contributed by atoms with Gasteiger partial charge in [-0.2, -0.15) is 4.98 Å². The Morgan fingerprint density at radius 3 is 2.74 bits per heavy atom. The van der Waals surface area contributed by atoms with Crippen molar-refractivity contribution >= 4 is 5.95 Å². The SMILES string of the molecule is CC1CCN(CCCCNc2noc(-c3ccccc3)n2)CC1. The van der Waals surface area contributed by atoms with Crippen LogP contribution >= 0.6 is 0 Å². The van der Waals surface area contributed by atoms with Gasteiger partial charge < -0.3 is 14.7 Å². The second-order valence-corrected chi connectivity index (χ2v) is 6.45. The molecule has 124 valence electrons. The number of hydrogen-bond donors (Lipinski definition) is 1. The minimum absolute atomic E-state index is 0.565. The molecule has 23 heavy (non-hydrogen) atoms. The summed E-state index contributed by atoms with van der Waals surface area (Å²) >= 11 is 0. The topological polar surface area (TPSA) is 54.2 Å². The predicted molar refractivity (Wildman–Crippen MR) is 92.3 cm³/mol. The molecule has 1 aliphatic heterocycles. The summed E-state index contributed by atoms with van der Waals surface area (Å²) in [6.45, 7) is 6.98. The Morgan fingerprint density at radius 2 is 1.96 bits per heavy atom. The lowest BCUT2D eigenvalue weighted by atomic mass is 9.99. The number of rotatable bonds is 7. The van der Waals surface area contributed by atoms with Crippen LogP contribution in [0.5, 0.6) is 0 Å². The number of nitrogens with one attached hydrogen (secondary N) is 1. The zero-order valence-electron chi connectivity index (χ0n) is 13.9. The number of benzene rings is 1. The molecule has 2 heterocycles. The van der Waals surface area contributed by atoms with E-state index in [0.29, 0.717) is 11.8 Å². The number of unbranched alkanes of at least 4 members (excludes halogenated alkanes) is 1. The fourth-order valence-electron chi connectivity index (χ4n) is 2.94. The van der Waals surface area contributed by atoms with E-state index in [4.69, 9.17) is 4.52 Å². The summed E-state index contributed by atoms with van der Waals surface area (Å²) in [5.41, 5.74) is 0.951. The molecule has 0 spiro atoms. The molecule has 0 radical (unpaired) electrons. The number of anilines is 1. The summed E-state index contributed by atoms with van der Waals surface area (Å²) in [5, 5.41) is 7.23. The molecule has 3 rings (SSSR count). The molecule has 1 saturated heterocycles. The predicted octanol–water partition coefficient (Wildman–Crippen LogP) is 3.66. The van der Waals surface area contributed by atoms with Crippen molar-refractivity contribution in [2.75, 3.05) is 31.5 Å². The Bertz CT molecular complexity index is 576. The second-order valence-electron chi connectivity index (χ2n) is 6.45. The molecule has 0 atom stereocenters. The van der Waals surface area contributed by atoms with E-state index in [-0.39, 0.29) is 0 Å². The maximum atomic E-state index is 5.28. The smallest absolute Gasteiger partial charge is 0.263 e. The van der Waals surface area contributed by atoms with Gasteiger partial charge in [-0.15, -0.1) is 0 Å². The van der Waals surface area contributed by atoms with Crippen molar-refractivity contribution in [3.05, 3.63) is 30.3 Å². The van der Waals surface area contributed by atoms with Gasteiger partial charge in [0.1, 0.15) is 0 Å². The largest absolute Gasteiger partial charge is 0.352 e. The molecule has 1 fully saturated rings. The number of hydrogen-bond acceptors (Lipinski definition) is 5. The highest BCUT2D eigenvalue weighted by Gasteiger charge is 2.14. The minimum Gasteiger partial charge on any atom is -0.352 e. The van der Waals surface area contributed by atoms with Crippen LogP contribution in [0.2, 0.25) is 0 Å². The standard InChI is InChI=1S/C18H26N4O/c1-15-9-13-22(14-10-15)12-6-5-11-19-18-20-17(23-21-18)16-7-3-2-4-8-16/h2-4,7-8,15H,5-6,9-14H2,1H3,(H,19,21). The van der Waals surface area contributed by atoms with Gasteiger partial charge in [-0.05, 0) is 68.5 Å². The summed E-state index contributed by atoms with van der Waals surface area (Å²) in [5.74, 6) is 2.05. The van der Waals surface area contributed by atoms with Gasteiger partial charge in [0.15, 0.2) is 0 Å². The summed E-state index contributed by atoms with van der Waals surface area (Å²) in [4.78, 5) is 6.96. The molecule has 2 aromatic rings. The molecule has 1 aromatic carbocycles. The Morgan fingerprint density at radius 1 is 1.17 bits per heavy atom. The van der Waals surface area contributed by atoms with E-state index in [1.165, 1.54) is 38.9 Å². The molecule has 0 aliphatic carbocycles. The Labute approximate surface area is 138 Å². The van der Waals surface area contributed by atoms with Crippen LogP contribution in [0.25, 0.3) is 11.5 Å². The molecule has 1 N–H and O–H groups in total. The highest BCUT2D eigenvalue weighted by atomic mass is 16.5. The molecule has 0 bridgehead atoms. The Balaban J connectivity index is 1.34. The molecule has 0 unspecified atom stereocenters. The van der Waals surface area contributed by atoms with Crippen LogP contribution in [0.1, 0.15) is 32.6 Å². The van der Waals surface area contributed by atoms with E-state index in [9.17, 15) is 0 Å². The summed E-state index contributed by atoms with van der Waals surface area (Å²) in [7, 11) is 0. The number of nitrogens with zero attached hydrogens (tertiary/aromatic N) is 3. The molecule has 0 amide bonds. The third-order valence-corrected chi connectivity index (χ3v) is 4.51. The molecular weight excluding hydrogens is 288 g/mol. The zero-order valence-corrected chi connectivity index (χ0v) is 13.9. The maximum absolute atomic E-state index is 5.28. The molecule has 5 heteroatoms. The van der Waals surface area contributed by atoms with Crippen LogP contribution in [-0.2, 0) is 0 Å². The van der Waals surface area contributed by atoms with E-state index in [0.717, 1.165) is 24.4 Å². The van der Waals surface area contributed by atoms with Gasteiger partial charge in [-0.25, -0.2) is 0 Å². The van der Waals surface area contributed by atoms with Gasteiger partial charge in [0.2, 0.25) is 0 Å². The molecule has 1 aromatic heterocycles. The average molecular weight is 314 g/mol. The molecule has 5 nitrogen and oxygen atoms in total. The maximum Gasteiger partial charge on any atom is 0.263 e. The highest BCUT2D eigenvalue weighted by Crippen LogP contribution is 2.18. The fourth-order valence-corrected chi connectivity index (χ4v) is 2.94. The zero-order chi connectivity index (χ0) is 15.9. The lowest BCUT2D eigenvalue weighted by molar-refractivity contribution is 0.190. The van der Waals surface area contributed by atoms with Crippen LogP contribution in [0.15, 0.2) is 34.9 Å². The first kappa shape index (κ1) is 16.0. The third-order valence-electron chi connectivity index (χ3n) is 4.51. The van der Waals surface area contributed by atoms with Crippen molar-refractivity contribution in [3.63, 3.8) is 0 Å². The van der Waals surface area contributed by atoms with Crippen LogP contribution in [0, 0.1) is 5.92 Å². The van der Waals surface area contributed by atoms with Crippen LogP contribution < -0.4 is 5.32 Å². The molecule has 0 saturated carbocycles. The first-order valence-corrected chi connectivity index (χ1v) is 8.66. The van der Waals surface area contributed by atoms with E-state index < -0.39 is 0 Å². The van der Waals surface area contributed by atoms with Crippen molar-refractivity contribution in [1.82, 2.24) is 15.0 Å². The fraction of sp³-hybridized carbons (Fsp3) is 0.556. The van der Waals surface area contributed by atoms with Gasteiger partial charge in [0.05, 0.1) is 0 Å². The van der Waals surface area contributed by atoms with Gasteiger partial charge in [0, 0.05) is 12.1 Å². The van der Waals surface area contributed by atoms with E-state index in [1.807, 2.05) is 30.3 Å². The molecule has 1 aliphatic rings. The summed E-state index contributed by atoms with van der Waals surface area (Å²) in [6.07, 6.45) is 5.04. The van der Waals surface area contributed by atoms with E-state index in [1.54, 1.807) is 0 Å². The van der Waals surface area contributed by atoms with Gasteiger partial charge in [-0.3, -0.25) is 0 Å². The number of aromatic nitrogens is 2. The summed E-state index contributed by atoms with van der Waals surface area (Å²) in [6, 6.07) is 9.84. The van der Waals surface area contributed by atoms with E-state index in [2.05, 4.69) is 27.3 Å². The first-order chi connectivity index (χ1) is 11.3. The van der Waals surface area contributed by atoms with Crippen molar-refractivity contribution < 1.29 is 4.52 Å². The lowest BCUT2D eigenvalue weighted by Gasteiger charge is -2.30. The van der Waals surface area contributed by atoms with Crippen molar-refractivity contribution in [1.29, 1.82) is 0 Å². The lowest BCUT2D eigenvalue weighted by Crippen LogP contribution is -2.33. The van der Waals surface area contributed by atoms with Gasteiger partial charge in [-0.1, -0.05) is 25.1 Å². The average Bonchev–Trinajstić information content (AvgIpc) is 3.06. The van der Waals surface area contributed by atoms with Crippen molar-refractivity contribution in [2.45, 2.75) is 32.6 Å². The van der Waals surface area contributed by atoms with Crippen molar-refractivity contribution in [3.8, 4) is 11.5 Å². The number of piperidine rings is 1. The summed E-state index contributed by atoms with van der Waals surface area (Å²) < 4.78 is 5.28. The monoisotopic (exact) mass is 314 g/mol. The van der Waals surface area contributed by atoms with Crippen molar-refractivity contribution in [2.24, 2.45) is 5.92 Å². The highest BCUT2D eigenvalue weighted by molar-refractivity contribution is 5.53. The quantitative estimate of drug-likeness (QED) is 0.790. The molecular formula is C18H26N4O. The Kier molecular flexibility index (Phi) is 5.64. The van der Waals surface area contributed by atoms with Crippen LogP contribution in [-0.4, -0.2) is 41.2 Å². The second kappa shape index (κ2) is 8.11. The minimum atomic E-state index is 0.565. The Hall–Kier alpha value is -1.88. The van der Waals surface area contributed by atoms with E-state index >= 15 is 0 Å². The van der Waals surface area contributed by atoms with Gasteiger partial charge >= 0.3 is 0 Å². The first-order valence-electron chi connectivity index (χ1n) is 8.66. The normalized spacial score (nSPS) is 16.6. The number of likely N-dealkylation sites (tertiary alicyclic amines) is 1. The van der Waals surface area contributed by atoms with Crippen LogP contribution in [0.4, 0.5) is 5.95 Å².